The van der Waals surface area contributed by atoms with Crippen molar-refractivity contribution in [3.05, 3.63) is 0 Å². The van der Waals surface area contributed by atoms with Gasteiger partial charge in [0.2, 0.25) is 11.8 Å². The van der Waals surface area contributed by atoms with Crippen LogP contribution in [0.5, 0.6) is 0 Å². The Bertz CT molecular complexity index is 297. The van der Waals surface area contributed by atoms with Crippen molar-refractivity contribution >= 4 is 11.8 Å². The van der Waals surface area contributed by atoms with Gasteiger partial charge in [-0.1, -0.05) is 0 Å². The summed E-state index contributed by atoms with van der Waals surface area (Å²) < 4.78 is 0. The molecule has 0 radical (unpaired) electrons. The average molecular weight is 241 g/mol. The molecule has 1 aliphatic heterocycles. The largest absolute Gasteiger partial charge is 0.351 e. The summed E-state index contributed by atoms with van der Waals surface area (Å²) in [6.45, 7) is 7.31. The van der Waals surface area contributed by atoms with Gasteiger partial charge in [0.15, 0.2) is 0 Å². The number of likely N-dealkylation sites (tertiary alicyclic amines) is 1. The molecule has 0 aliphatic carbocycles. The highest BCUT2D eigenvalue weighted by Crippen LogP contribution is 2.21. The van der Waals surface area contributed by atoms with Gasteiger partial charge in [0, 0.05) is 31.5 Å². The number of hydrogen-bond acceptors (Lipinski definition) is 3. The maximum atomic E-state index is 11.8. The van der Waals surface area contributed by atoms with E-state index in [4.69, 9.17) is 0 Å². The van der Waals surface area contributed by atoms with Crippen molar-refractivity contribution in [3.63, 3.8) is 0 Å². The predicted molar refractivity (Wildman–Crippen MR) is 66.6 cm³/mol. The van der Waals surface area contributed by atoms with E-state index in [9.17, 15) is 9.59 Å². The lowest BCUT2D eigenvalue weighted by Gasteiger charge is -2.32. The normalized spacial score (nSPS) is 20.8. The van der Waals surface area contributed by atoms with Gasteiger partial charge in [-0.25, -0.2) is 0 Å². The predicted octanol–water partition coefficient (Wildman–Crippen LogP) is 0.112. The fourth-order valence-electron chi connectivity index (χ4n) is 1.99. The summed E-state index contributed by atoms with van der Waals surface area (Å²) in [6.07, 6.45) is 0.874. The van der Waals surface area contributed by atoms with E-state index in [2.05, 4.69) is 10.6 Å². The van der Waals surface area contributed by atoms with Gasteiger partial charge in [0.1, 0.15) is 0 Å². The zero-order chi connectivity index (χ0) is 13.1. The number of nitrogens with zero attached hydrogens (tertiary/aromatic N) is 1. The molecule has 17 heavy (non-hydrogen) atoms. The summed E-state index contributed by atoms with van der Waals surface area (Å²) in [5.41, 5.74) is -0.165. The standard InChI is InChI=1S/C12H23N3O2/c1-12(2,3)15-8-9(7-11(15)17)14-10(16)5-6-13-4/h9,13H,5-8H2,1-4H3,(H,14,16). The van der Waals surface area contributed by atoms with Crippen LogP contribution in [0.3, 0.4) is 0 Å². The minimum atomic E-state index is -0.165. The molecule has 0 aromatic rings. The Morgan fingerprint density at radius 3 is 2.59 bits per heavy atom. The molecule has 98 valence electrons. The molecule has 5 heteroatoms. The van der Waals surface area contributed by atoms with Crippen molar-refractivity contribution in [1.29, 1.82) is 0 Å². The monoisotopic (exact) mass is 241 g/mol. The van der Waals surface area contributed by atoms with Crippen molar-refractivity contribution in [2.75, 3.05) is 20.1 Å². The van der Waals surface area contributed by atoms with Gasteiger partial charge in [-0.2, -0.15) is 0 Å². The highest BCUT2D eigenvalue weighted by Gasteiger charge is 2.36. The molecule has 0 aromatic carbocycles. The van der Waals surface area contributed by atoms with Crippen LogP contribution in [0.25, 0.3) is 0 Å². The molecule has 0 saturated carbocycles. The van der Waals surface area contributed by atoms with E-state index < -0.39 is 0 Å². The maximum absolute atomic E-state index is 11.8. The number of rotatable bonds is 4. The minimum Gasteiger partial charge on any atom is -0.351 e. The molecule has 2 amide bonds. The lowest BCUT2D eigenvalue weighted by atomic mass is 10.1. The molecule has 1 aliphatic rings. The van der Waals surface area contributed by atoms with Crippen LogP contribution < -0.4 is 10.6 Å². The fraction of sp³-hybridized carbons (Fsp3) is 0.833. The first-order valence-electron chi connectivity index (χ1n) is 6.09. The van der Waals surface area contributed by atoms with E-state index in [0.29, 0.717) is 25.9 Å². The van der Waals surface area contributed by atoms with Gasteiger partial charge in [-0.05, 0) is 27.8 Å². The molecular formula is C12H23N3O2. The van der Waals surface area contributed by atoms with Crippen LogP contribution in [-0.2, 0) is 9.59 Å². The van der Waals surface area contributed by atoms with Gasteiger partial charge >= 0.3 is 0 Å². The average Bonchev–Trinajstić information content (AvgIpc) is 2.56. The summed E-state index contributed by atoms with van der Waals surface area (Å²) >= 11 is 0. The van der Waals surface area contributed by atoms with Crippen molar-refractivity contribution in [3.8, 4) is 0 Å². The molecule has 1 rings (SSSR count). The Morgan fingerprint density at radius 2 is 2.12 bits per heavy atom. The summed E-state index contributed by atoms with van der Waals surface area (Å²) in [4.78, 5) is 25.2. The van der Waals surface area contributed by atoms with Crippen molar-refractivity contribution in [1.82, 2.24) is 15.5 Å². The van der Waals surface area contributed by atoms with E-state index in [0.717, 1.165) is 0 Å². The third-order valence-electron chi connectivity index (χ3n) is 2.90. The lowest BCUT2D eigenvalue weighted by molar-refractivity contribution is -0.131. The van der Waals surface area contributed by atoms with Crippen LogP contribution >= 0.6 is 0 Å². The molecule has 1 unspecified atom stereocenters. The quantitative estimate of drug-likeness (QED) is 0.734. The molecular weight excluding hydrogens is 218 g/mol. The smallest absolute Gasteiger partial charge is 0.225 e. The van der Waals surface area contributed by atoms with Crippen molar-refractivity contribution in [2.24, 2.45) is 0 Å². The summed E-state index contributed by atoms with van der Waals surface area (Å²) in [5.74, 6) is 0.129. The lowest BCUT2D eigenvalue weighted by Crippen LogP contribution is -2.44. The first kappa shape index (κ1) is 14.0. The summed E-state index contributed by atoms with van der Waals surface area (Å²) in [5, 5.41) is 5.83. The Balaban J connectivity index is 2.44. The third-order valence-corrected chi connectivity index (χ3v) is 2.90. The third kappa shape index (κ3) is 4.00. The van der Waals surface area contributed by atoms with E-state index >= 15 is 0 Å². The number of nitrogens with one attached hydrogen (secondary N) is 2. The SMILES string of the molecule is CNCCC(=O)NC1CC(=O)N(C(C)(C)C)C1. The van der Waals surface area contributed by atoms with Crippen LogP contribution in [0.1, 0.15) is 33.6 Å². The highest BCUT2D eigenvalue weighted by molar-refractivity contribution is 5.82. The van der Waals surface area contributed by atoms with E-state index in [1.54, 1.807) is 0 Å². The minimum absolute atomic E-state index is 0.00732. The van der Waals surface area contributed by atoms with E-state index in [1.165, 1.54) is 0 Å². The number of carbonyl (C=O) groups is 2. The Kier molecular flexibility index (Phi) is 4.51. The van der Waals surface area contributed by atoms with Gasteiger partial charge < -0.3 is 15.5 Å². The molecule has 5 nitrogen and oxygen atoms in total. The van der Waals surface area contributed by atoms with Gasteiger partial charge in [0.25, 0.3) is 0 Å². The van der Waals surface area contributed by atoms with Crippen LogP contribution in [0.4, 0.5) is 0 Å². The number of carbonyl (C=O) groups excluding carboxylic acids is 2. The van der Waals surface area contributed by atoms with Gasteiger partial charge in [-0.15, -0.1) is 0 Å². The van der Waals surface area contributed by atoms with Crippen molar-refractivity contribution in [2.45, 2.75) is 45.2 Å². The Labute approximate surface area is 103 Å². The number of hydrogen-bond donors (Lipinski definition) is 2. The molecule has 0 aromatic heterocycles. The first-order valence-corrected chi connectivity index (χ1v) is 6.09. The molecule has 1 fully saturated rings. The number of amides is 2. The second-order valence-corrected chi connectivity index (χ2v) is 5.50. The molecule has 1 saturated heterocycles. The fourth-order valence-corrected chi connectivity index (χ4v) is 1.99. The van der Waals surface area contributed by atoms with Crippen LogP contribution in [-0.4, -0.2) is 48.4 Å². The van der Waals surface area contributed by atoms with Crippen LogP contribution in [0.2, 0.25) is 0 Å². The second-order valence-electron chi connectivity index (χ2n) is 5.50. The molecule has 0 spiro atoms. The Morgan fingerprint density at radius 1 is 1.47 bits per heavy atom. The molecule has 0 bridgehead atoms. The maximum Gasteiger partial charge on any atom is 0.225 e. The Hall–Kier alpha value is -1.10. The van der Waals surface area contributed by atoms with E-state index in [1.807, 2.05) is 32.7 Å². The van der Waals surface area contributed by atoms with Gasteiger partial charge in [-0.3, -0.25) is 9.59 Å². The zero-order valence-corrected chi connectivity index (χ0v) is 11.2. The zero-order valence-electron chi connectivity index (χ0n) is 11.2. The van der Waals surface area contributed by atoms with Crippen molar-refractivity contribution < 1.29 is 9.59 Å². The molecule has 1 heterocycles. The molecule has 2 N–H and O–H groups in total. The highest BCUT2D eigenvalue weighted by atomic mass is 16.2. The second kappa shape index (κ2) is 5.49. The van der Waals surface area contributed by atoms with Gasteiger partial charge in [0.05, 0.1) is 6.04 Å². The van der Waals surface area contributed by atoms with Crippen LogP contribution in [0.15, 0.2) is 0 Å². The van der Waals surface area contributed by atoms with E-state index in [-0.39, 0.29) is 23.4 Å². The molecule has 1 atom stereocenters. The summed E-state index contributed by atoms with van der Waals surface area (Å²) in [7, 11) is 1.81. The first-order chi connectivity index (χ1) is 7.84. The van der Waals surface area contributed by atoms with Crippen LogP contribution in [0, 0.1) is 0 Å². The topological polar surface area (TPSA) is 61.4 Å². The summed E-state index contributed by atoms with van der Waals surface area (Å²) in [6, 6.07) is -0.0360.